The summed E-state index contributed by atoms with van der Waals surface area (Å²) in [7, 11) is 3.20. The fraction of sp³-hybridized carbons (Fsp3) is 0.0952. The molecule has 0 saturated carbocycles. The molecule has 29 heavy (non-hydrogen) atoms. The molecule has 8 heteroatoms. The molecule has 0 radical (unpaired) electrons. The minimum atomic E-state index is 0.475. The van der Waals surface area contributed by atoms with Crippen LogP contribution in [-0.4, -0.2) is 29.3 Å². The highest BCUT2D eigenvalue weighted by Crippen LogP contribution is 2.31. The zero-order valence-corrected chi connectivity index (χ0v) is 17.4. The molecule has 6 nitrogen and oxygen atoms in total. The lowest BCUT2D eigenvalue weighted by Crippen LogP contribution is -2.19. The van der Waals surface area contributed by atoms with Gasteiger partial charge in [0, 0.05) is 35.4 Å². The first kappa shape index (κ1) is 19.1. The molecule has 0 aliphatic heterocycles. The van der Waals surface area contributed by atoms with Crippen molar-refractivity contribution in [2.45, 2.75) is 0 Å². The number of ether oxygens (including phenoxy) is 2. The molecule has 0 saturated heterocycles. The summed E-state index contributed by atoms with van der Waals surface area (Å²) in [5.41, 5.74) is 3.64. The molecule has 146 valence electrons. The van der Waals surface area contributed by atoms with Gasteiger partial charge in [-0.15, -0.1) is 11.3 Å². The van der Waals surface area contributed by atoms with Crippen molar-refractivity contribution in [3.63, 3.8) is 0 Å². The number of rotatable bonds is 5. The lowest BCUT2D eigenvalue weighted by Gasteiger charge is -2.13. The van der Waals surface area contributed by atoms with Gasteiger partial charge in [-0.05, 0) is 42.5 Å². The van der Waals surface area contributed by atoms with E-state index in [1.165, 1.54) is 0 Å². The monoisotopic (exact) mass is 422 g/mol. The second kappa shape index (κ2) is 8.42. The number of thiocarbonyl (C=S) groups is 1. The molecule has 0 atom stereocenters. The van der Waals surface area contributed by atoms with Gasteiger partial charge in [0.2, 0.25) is 0 Å². The normalized spacial score (nSPS) is 10.6. The standard InChI is InChI=1S/C21H18N4O2S2/c1-26-17-7-6-15(11-18(17)27-2)24-21(28)23-14-5-3-4-13(10-14)20-25-16-8-9-22-12-19(16)29-20/h3-12H,1-2H3,(H2,23,24,28). The molecule has 0 unspecified atom stereocenters. The number of fused-ring (bicyclic) bond motifs is 1. The smallest absolute Gasteiger partial charge is 0.175 e. The highest BCUT2D eigenvalue weighted by molar-refractivity contribution is 7.80. The Morgan fingerprint density at radius 3 is 2.52 bits per heavy atom. The van der Waals surface area contributed by atoms with Gasteiger partial charge in [-0.25, -0.2) is 4.98 Å². The number of hydrogen-bond acceptors (Lipinski definition) is 6. The first-order valence-electron chi connectivity index (χ1n) is 8.77. The summed E-state index contributed by atoms with van der Waals surface area (Å²) in [4.78, 5) is 8.84. The third-order valence-electron chi connectivity index (χ3n) is 4.20. The third-order valence-corrected chi connectivity index (χ3v) is 5.46. The molecule has 2 N–H and O–H groups in total. The van der Waals surface area contributed by atoms with Crippen LogP contribution in [0.15, 0.2) is 60.9 Å². The van der Waals surface area contributed by atoms with Gasteiger partial charge in [0.15, 0.2) is 16.6 Å². The van der Waals surface area contributed by atoms with Crippen molar-refractivity contribution in [1.82, 2.24) is 9.97 Å². The van der Waals surface area contributed by atoms with E-state index in [2.05, 4.69) is 20.6 Å². The number of nitrogens with one attached hydrogen (secondary N) is 2. The Bertz CT molecular complexity index is 1140. The second-order valence-electron chi connectivity index (χ2n) is 6.09. The van der Waals surface area contributed by atoms with E-state index in [-0.39, 0.29) is 0 Å². The summed E-state index contributed by atoms with van der Waals surface area (Å²) in [6.45, 7) is 0. The van der Waals surface area contributed by atoms with Crippen molar-refractivity contribution in [2.24, 2.45) is 0 Å². The molecule has 4 rings (SSSR count). The van der Waals surface area contributed by atoms with Crippen LogP contribution in [0.25, 0.3) is 20.8 Å². The van der Waals surface area contributed by atoms with Crippen molar-refractivity contribution < 1.29 is 9.47 Å². The van der Waals surface area contributed by atoms with Gasteiger partial charge in [0.1, 0.15) is 5.01 Å². The number of methoxy groups -OCH3 is 2. The summed E-state index contributed by atoms with van der Waals surface area (Å²) in [6.07, 6.45) is 3.59. The van der Waals surface area contributed by atoms with Gasteiger partial charge in [-0.3, -0.25) is 4.98 Å². The van der Waals surface area contributed by atoms with Crippen LogP contribution in [0.4, 0.5) is 11.4 Å². The van der Waals surface area contributed by atoms with Crippen molar-refractivity contribution >= 4 is 50.3 Å². The van der Waals surface area contributed by atoms with E-state index in [4.69, 9.17) is 21.7 Å². The number of pyridine rings is 1. The lowest BCUT2D eigenvalue weighted by atomic mass is 10.2. The highest BCUT2D eigenvalue weighted by Gasteiger charge is 2.09. The van der Waals surface area contributed by atoms with E-state index in [1.807, 2.05) is 54.7 Å². The maximum atomic E-state index is 5.46. The zero-order chi connectivity index (χ0) is 20.2. The van der Waals surface area contributed by atoms with Gasteiger partial charge in [0.25, 0.3) is 0 Å². The Morgan fingerprint density at radius 1 is 0.966 bits per heavy atom. The largest absolute Gasteiger partial charge is 0.493 e. The van der Waals surface area contributed by atoms with E-state index >= 15 is 0 Å². The number of anilines is 2. The van der Waals surface area contributed by atoms with Crippen LogP contribution in [0.5, 0.6) is 11.5 Å². The summed E-state index contributed by atoms with van der Waals surface area (Å²) in [5, 5.41) is 7.79. The van der Waals surface area contributed by atoms with Crippen LogP contribution in [0, 0.1) is 0 Å². The highest BCUT2D eigenvalue weighted by atomic mass is 32.1. The Labute approximate surface area is 177 Å². The zero-order valence-electron chi connectivity index (χ0n) is 15.8. The summed E-state index contributed by atoms with van der Waals surface area (Å²) in [5.74, 6) is 1.29. The van der Waals surface area contributed by atoms with Crippen molar-refractivity contribution in [1.29, 1.82) is 0 Å². The lowest BCUT2D eigenvalue weighted by molar-refractivity contribution is 0.355. The molecule has 0 fully saturated rings. The Hall–Kier alpha value is -3.23. The second-order valence-corrected chi connectivity index (χ2v) is 7.53. The number of aromatic nitrogens is 2. The van der Waals surface area contributed by atoms with Crippen molar-refractivity contribution in [2.75, 3.05) is 24.9 Å². The molecule has 0 amide bonds. The molecule has 2 aromatic carbocycles. The van der Waals surface area contributed by atoms with Crippen LogP contribution < -0.4 is 20.1 Å². The molecule has 4 aromatic rings. The molecule has 2 aromatic heterocycles. The predicted octanol–water partition coefficient (Wildman–Crippen LogP) is 5.18. The van der Waals surface area contributed by atoms with E-state index in [0.29, 0.717) is 16.6 Å². The Balaban J connectivity index is 1.49. The average molecular weight is 423 g/mol. The summed E-state index contributed by atoms with van der Waals surface area (Å²) in [6, 6.07) is 15.4. The minimum absolute atomic E-state index is 0.475. The van der Waals surface area contributed by atoms with Crippen LogP contribution in [0.3, 0.4) is 0 Å². The van der Waals surface area contributed by atoms with Crippen LogP contribution in [0.1, 0.15) is 0 Å². The number of nitrogens with zero attached hydrogens (tertiary/aromatic N) is 2. The first-order chi connectivity index (χ1) is 14.2. The van der Waals surface area contributed by atoms with Crippen LogP contribution in [-0.2, 0) is 0 Å². The van der Waals surface area contributed by atoms with E-state index in [0.717, 1.165) is 32.2 Å². The van der Waals surface area contributed by atoms with E-state index < -0.39 is 0 Å². The molecule has 2 heterocycles. The van der Waals surface area contributed by atoms with Gasteiger partial charge >= 0.3 is 0 Å². The maximum absolute atomic E-state index is 5.46. The minimum Gasteiger partial charge on any atom is -0.493 e. The van der Waals surface area contributed by atoms with Crippen molar-refractivity contribution in [3.05, 3.63) is 60.9 Å². The molecule has 0 aliphatic carbocycles. The number of hydrogen-bond donors (Lipinski definition) is 2. The third kappa shape index (κ3) is 4.28. The van der Waals surface area contributed by atoms with Gasteiger partial charge in [0.05, 0.1) is 24.4 Å². The van der Waals surface area contributed by atoms with Gasteiger partial charge in [-0.2, -0.15) is 0 Å². The summed E-state index contributed by atoms with van der Waals surface area (Å²) >= 11 is 7.07. The maximum Gasteiger partial charge on any atom is 0.175 e. The molecule has 0 aliphatic rings. The van der Waals surface area contributed by atoms with Gasteiger partial charge < -0.3 is 20.1 Å². The van der Waals surface area contributed by atoms with Gasteiger partial charge in [-0.1, -0.05) is 12.1 Å². The topological polar surface area (TPSA) is 68.3 Å². The first-order valence-corrected chi connectivity index (χ1v) is 10.00. The van der Waals surface area contributed by atoms with Crippen LogP contribution in [0.2, 0.25) is 0 Å². The molecule has 0 spiro atoms. The molecular formula is C21H18N4O2S2. The molecular weight excluding hydrogens is 404 g/mol. The summed E-state index contributed by atoms with van der Waals surface area (Å²) < 4.78 is 11.6. The number of thiazole rings is 1. The van der Waals surface area contributed by atoms with Crippen LogP contribution >= 0.6 is 23.6 Å². The van der Waals surface area contributed by atoms with E-state index in [1.54, 1.807) is 31.8 Å². The quantitative estimate of drug-likeness (QED) is 0.429. The van der Waals surface area contributed by atoms with E-state index in [9.17, 15) is 0 Å². The Morgan fingerprint density at radius 2 is 1.76 bits per heavy atom. The number of benzene rings is 2. The van der Waals surface area contributed by atoms with Crippen molar-refractivity contribution in [3.8, 4) is 22.1 Å². The fourth-order valence-electron chi connectivity index (χ4n) is 2.84. The predicted molar refractivity (Wildman–Crippen MR) is 122 cm³/mol. The average Bonchev–Trinajstić information content (AvgIpc) is 3.18. The fourth-order valence-corrected chi connectivity index (χ4v) is 4.01. The molecule has 0 bridgehead atoms. The SMILES string of the molecule is COc1ccc(NC(=S)Nc2cccc(-c3nc4ccncc4s3)c2)cc1OC. The Kier molecular flexibility index (Phi) is 5.55.